The lowest BCUT2D eigenvalue weighted by atomic mass is 9.96. The summed E-state index contributed by atoms with van der Waals surface area (Å²) in [5.74, 6) is -0.235. The van der Waals surface area contributed by atoms with Gasteiger partial charge in [0, 0.05) is 19.5 Å². The Bertz CT molecular complexity index is 1360. The van der Waals surface area contributed by atoms with Gasteiger partial charge in [-0.3, -0.25) is 4.79 Å². The first-order valence-corrected chi connectivity index (χ1v) is 23.9. The average molecular weight is 752 g/mol. The maximum absolute atomic E-state index is 12.3. The van der Waals surface area contributed by atoms with E-state index < -0.39 is 16.6 Å². The summed E-state index contributed by atoms with van der Waals surface area (Å²) < 4.78 is 26.9. The Morgan fingerprint density at radius 1 is 0.882 bits per heavy atom. The third kappa shape index (κ3) is 11.8. The number of hydrogen-bond donors (Lipinski definition) is 0. The standard InChI is InChI=1S/C42H65NO5SSi2/c1-12-27-43(28-13-2)39(49)31-36(47-50(10,11)41(3,4)5)30-35(29-33-21-20-22-34(46-33)32-40(44)45-9)48-51(42(6,7)8,37-23-16-14-17-24-37)38-25-18-15-19-26-38/h12-19,23-26,33-36H,1-2,20-22,27-32H2,3-11H3/t33-,34+,35+,36-/m0/s1. The van der Waals surface area contributed by atoms with Crippen LogP contribution in [0.15, 0.2) is 86.0 Å². The highest BCUT2D eigenvalue weighted by molar-refractivity contribution is 7.80. The lowest BCUT2D eigenvalue weighted by molar-refractivity contribution is -0.147. The Kier molecular flexibility index (Phi) is 16.1. The molecule has 51 heavy (non-hydrogen) atoms. The Morgan fingerprint density at radius 2 is 1.41 bits per heavy atom. The van der Waals surface area contributed by atoms with E-state index in [1.807, 2.05) is 12.2 Å². The van der Waals surface area contributed by atoms with Gasteiger partial charge in [-0.25, -0.2) is 0 Å². The molecular weight excluding hydrogens is 687 g/mol. The Labute approximate surface area is 317 Å². The Balaban J connectivity index is 2.16. The molecule has 0 aromatic heterocycles. The molecule has 0 amide bonds. The Hall–Kier alpha value is -2.41. The number of rotatable bonds is 18. The summed E-state index contributed by atoms with van der Waals surface area (Å²) in [5, 5.41) is 2.28. The molecule has 282 valence electrons. The summed E-state index contributed by atoms with van der Waals surface area (Å²) in [6, 6.07) is 21.6. The zero-order chi connectivity index (χ0) is 37.9. The summed E-state index contributed by atoms with van der Waals surface area (Å²) in [5.41, 5.74) is 0. The molecule has 0 spiro atoms. The molecule has 6 nitrogen and oxygen atoms in total. The van der Waals surface area contributed by atoms with E-state index in [1.165, 1.54) is 17.5 Å². The topological polar surface area (TPSA) is 57.2 Å². The van der Waals surface area contributed by atoms with E-state index in [0.717, 1.165) is 24.3 Å². The first-order valence-electron chi connectivity index (χ1n) is 18.7. The SMILES string of the molecule is C=CCN(CC=C)C(=S)C[C@H](C[C@@H](C[C@@H]1CCC[C@H](CC(=O)OC)O1)O[Si](c1ccccc1)(c1ccccc1)C(C)(C)C)O[Si](C)(C)C(C)(C)C. The van der Waals surface area contributed by atoms with Gasteiger partial charge in [-0.05, 0) is 65.6 Å². The highest BCUT2D eigenvalue weighted by Gasteiger charge is 2.52. The van der Waals surface area contributed by atoms with E-state index in [2.05, 4.69) is 133 Å². The van der Waals surface area contributed by atoms with Crippen molar-refractivity contribution in [3.8, 4) is 0 Å². The van der Waals surface area contributed by atoms with Gasteiger partial charge in [-0.2, -0.15) is 0 Å². The average Bonchev–Trinajstić information content (AvgIpc) is 3.06. The third-order valence-corrected chi connectivity index (χ3v) is 20.6. The van der Waals surface area contributed by atoms with Crippen LogP contribution in [0.25, 0.3) is 0 Å². The van der Waals surface area contributed by atoms with Crippen molar-refractivity contribution in [2.45, 2.75) is 134 Å². The number of carbonyl (C=O) groups excluding carboxylic acids is 1. The van der Waals surface area contributed by atoms with E-state index in [1.54, 1.807) is 0 Å². The molecule has 0 N–H and O–H groups in total. The number of thiocarbonyl (C=S) groups is 1. The van der Waals surface area contributed by atoms with Crippen LogP contribution in [0.2, 0.25) is 23.2 Å². The van der Waals surface area contributed by atoms with E-state index in [4.69, 9.17) is 30.5 Å². The second-order valence-corrected chi connectivity index (χ2v) is 26.0. The van der Waals surface area contributed by atoms with Gasteiger partial charge in [0.2, 0.25) is 0 Å². The van der Waals surface area contributed by atoms with Crippen LogP contribution >= 0.6 is 12.2 Å². The van der Waals surface area contributed by atoms with Crippen molar-refractivity contribution >= 4 is 50.2 Å². The Morgan fingerprint density at radius 3 is 1.88 bits per heavy atom. The molecule has 1 aliphatic rings. The fourth-order valence-electron chi connectivity index (χ4n) is 6.97. The largest absolute Gasteiger partial charge is 0.469 e. The van der Waals surface area contributed by atoms with Gasteiger partial charge >= 0.3 is 5.97 Å². The van der Waals surface area contributed by atoms with Crippen molar-refractivity contribution in [2.24, 2.45) is 0 Å². The lowest BCUT2D eigenvalue weighted by Crippen LogP contribution is -2.68. The minimum Gasteiger partial charge on any atom is -0.469 e. The minimum atomic E-state index is -2.94. The van der Waals surface area contributed by atoms with Crippen molar-refractivity contribution < 1.29 is 23.1 Å². The number of carbonyl (C=O) groups is 1. The fourth-order valence-corrected chi connectivity index (χ4v) is 13.4. The van der Waals surface area contributed by atoms with Gasteiger partial charge in [0.1, 0.15) is 0 Å². The summed E-state index contributed by atoms with van der Waals surface area (Å²) in [4.78, 5) is 15.3. The van der Waals surface area contributed by atoms with Gasteiger partial charge in [0.15, 0.2) is 8.32 Å². The fraction of sp³-hybridized carbons (Fsp3) is 0.571. The van der Waals surface area contributed by atoms with E-state index in [0.29, 0.717) is 32.4 Å². The maximum atomic E-state index is 12.3. The van der Waals surface area contributed by atoms with Gasteiger partial charge in [0.25, 0.3) is 8.32 Å². The van der Waals surface area contributed by atoms with E-state index >= 15 is 0 Å². The smallest absolute Gasteiger partial charge is 0.308 e. The number of benzene rings is 2. The molecule has 1 fully saturated rings. The van der Waals surface area contributed by atoms with Crippen LogP contribution < -0.4 is 10.4 Å². The predicted octanol–water partition coefficient (Wildman–Crippen LogP) is 8.99. The van der Waals surface area contributed by atoms with Crippen LogP contribution in [0, 0.1) is 0 Å². The quantitative estimate of drug-likeness (QED) is 0.0653. The molecule has 0 bridgehead atoms. The molecule has 2 aromatic carbocycles. The molecule has 2 aromatic rings. The van der Waals surface area contributed by atoms with Crippen molar-refractivity contribution in [3.05, 3.63) is 86.0 Å². The van der Waals surface area contributed by atoms with Gasteiger partial charge in [-0.15, -0.1) is 13.2 Å². The summed E-state index contributed by atoms with van der Waals surface area (Å²) >= 11 is 6.13. The molecule has 1 saturated heterocycles. The number of hydrogen-bond acceptors (Lipinski definition) is 6. The number of esters is 1. The summed E-state index contributed by atoms with van der Waals surface area (Å²) in [7, 11) is -3.73. The normalized spacial score (nSPS) is 18.4. The van der Waals surface area contributed by atoms with Crippen molar-refractivity contribution in [1.82, 2.24) is 4.90 Å². The lowest BCUT2D eigenvalue weighted by Gasteiger charge is -2.47. The predicted molar refractivity (Wildman–Crippen MR) is 222 cm³/mol. The molecule has 4 atom stereocenters. The zero-order valence-corrected chi connectivity index (χ0v) is 35.7. The number of nitrogens with zero attached hydrogens (tertiary/aromatic N) is 1. The molecule has 1 heterocycles. The van der Waals surface area contributed by atoms with E-state index in [9.17, 15) is 4.79 Å². The van der Waals surface area contributed by atoms with Gasteiger partial charge < -0.3 is 23.2 Å². The zero-order valence-electron chi connectivity index (χ0n) is 32.9. The molecule has 0 radical (unpaired) electrons. The molecule has 9 heteroatoms. The highest BCUT2D eigenvalue weighted by atomic mass is 32.1. The monoisotopic (exact) mass is 751 g/mol. The van der Waals surface area contributed by atoms with Crippen LogP contribution in [0.4, 0.5) is 0 Å². The molecular formula is C42H65NO5SSi2. The first kappa shape index (κ1) is 43.0. The third-order valence-electron chi connectivity index (χ3n) is 10.6. The highest BCUT2D eigenvalue weighted by Crippen LogP contribution is 2.41. The van der Waals surface area contributed by atoms with Crippen LogP contribution in [0.5, 0.6) is 0 Å². The summed E-state index contributed by atoms with van der Waals surface area (Å²) in [6.07, 6.45) is 8.14. The van der Waals surface area contributed by atoms with Crippen molar-refractivity contribution in [1.29, 1.82) is 0 Å². The number of methoxy groups -OCH3 is 1. The van der Waals surface area contributed by atoms with Crippen molar-refractivity contribution in [2.75, 3.05) is 20.2 Å². The molecule has 1 aliphatic heterocycles. The first-order chi connectivity index (χ1) is 24.0. The molecule has 0 saturated carbocycles. The van der Waals surface area contributed by atoms with Gasteiger partial charge in [-0.1, -0.05) is 127 Å². The molecule has 0 aliphatic carbocycles. The molecule has 3 rings (SSSR count). The maximum Gasteiger partial charge on any atom is 0.308 e. The number of ether oxygens (including phenoxy) is 2. The van der Waals surface area contributed by atoms with Crippen molar-refractivity contribution in [3.63, 3.8) is 0 Å². The summed E-state index contributed by atoms with van der Waals surface area (Å²) in [6.45, 7) is 27.7. The van der Waals surface area contributed by atoms with Gasteiger partial charge in [0.05, 0.1) is 42.9 Å². The van der Waals surface area contributed by atoms with E-state index in [-0.39, 0.29) is 46.9 Å². The molecule has 0 unspecified atom stereocenters. The van der Waals surface area contributed by atoms with Crippen LogP contribution in [-0.2, 0) is 23.1 Å². The van der Waals surface area contributed by atoms with Crippen LogP contribution in [0.1, 0.15) is 86.5 Å². The second-order valence-electron chi connectivity index (χ2n) is 16.5. The van der Waals surface area contributed by atoms with Crippen LogP contribution in [-0.4, -0.2) is 77.1 Å². The minimum absolute atomic E-state index is 0.0106. The van der Waals surface area contributed by atoms with Crippen LogP contribution in [0.3, 0.4) is 0 Å². The second kappa shape index (κ2) is 19.1.